The molecule has 3 N–H and O–H groups in total. The molecule has 136 valence electrons. The Kier molecular flexibility index (Phi) is 4.29. The third-order valence-corrected chi connectivity index (χ3v) is 4.33. The van der Waals surface area contributed by atoms with Gasteiger partial charge in [-0.3, -0.25) is 9.36 Å². The van der Waals surface area contributed by atoms with Crippen LogP contribution in [0.15, 0.2) is 65.8 Å². The number of nitrogens with two attached hydrogens (primary N) is 1. The maximum absolute atomic E-state index is 13.2. The Hall–Kier alpha value is -3.68. The number of nitrogens with one attached hydrogen (secondary N) is 1. The van der Waals surface area contributed by atoms with Gasteiger partial charge in [-0.25, -0.2) is 14.5 Å². The van der Waals surface area contributed by atoms with Gasteiger partial charge in [-0.2, -0.15) is 5.10 Å². The van der Waals surface area contributed by atoms with Crippen LogP contribution in [0.5, 0.6) is 0 Å². The normalized spacial score (nSPS) is 12.2. The number of anilines is 2. The molecule has 0 fully saturated rings. The van der Waals surface area contributed by atoms with E-state index in [4.69, 9.17) is 10.8 Å². The zero-order valence-corrected chi connectivity index (χ0v) is 14.8. The summed E-state index contributed by atoms with van der Waals surface area (Å²) in [6, 6.07) is 14.5. The van der Waals surface area contributed by atoms with Gasteiger partial charge in [-0.15, -0.1) is 0 Å². The van der Waals surface area contributed by atoms with Gasteiger partial charge in [-0.05, 0) is 30.7 Å². The molecule has 1 aromatic carbocycles. The van der Waals surface area contributed by atoms with Crippen LogP contribution in [0.4, 0.5) is 11.6 Å². The summed E-state index contributed by atoms with van der Waals surface area (Å²) in [7, 11) is 0. The smallest absolute Gasteiger partial charge is 0.282 e. The fourth-order valence-corrected chi connectivity index (χ4v) is 3.03. The van der Waals surface area contributed by atoms with Crippen LogP contribution >= 0.6 is 0 Å². The fourth-order valence-electron chi connectivity index (χ4n) is 3.03. The number of benzene rings is 1. The standard InChI is InChI=1S/C19H19N7O/c1-2-14(23-17-11-16(20)21-12-22-17)18-24-25-10-6-9-15(25)19(27)26(18)13-7-4-3-5-8-13/h3-12,14H,2H2,1H3,(H3,20,21,22,23)/t14-/m0/s1. The molecule has 27 heavy (non-hydrogen) atoms. The minimum absolute atomic E-state index is 0.126. The number of nitrogen functional groups attached to an aromatic ring is 1. The van der Waals surface area contributed by atoms with Crippen LogP contribution in [-0.4, -0.2) is 24.1 Å². The van der Waals surface area contributed by atoms with E-state index < -0.39 is 0 Å². The predicted molar refractivity (Wildman–Crippen MR) is 104 cm³/mol. The van der Waals surface area contributed by atoms with Crippen molar-refractivity contribution in [2.75, 3.05) is 11.1 Å². The van der Waals surface area contributed by atoms with E-state index in [0.29, 0.717) is 29.4 Å². The molecule has 8 heteroatoms. The number of para-hydroxylation sites is 1. The molecule has 0 amide bonds. The zero-order valence-electron chi connectivity index (χ0n) is 14.8. The number of fused-ring (bicyclic) bond motifs is 1. The summed E-state index contributed by atoms with van der Waals surface area (Å²) in [6.07, 6.45) is 3.86. The Morgan fingerprint density at radius 3 is 2.70 bits per heavy atom. The molecular weight excluding hydrogens is 342 g/mol. The Balaban J connectivity index is 1.89. The van der Waals surface area contributed by atoms with Crippen LogP contribution in [0.2, 0.25) is 0 Å². The molecule has 0 bridgehead atoms. The molecule has 0 spiro atoms. The number of hydrogen-bond donors (Lipinski definition) is 2. The van der Waals surface area contributed by atoms with Crippen LogP contribution in [0, 0.1) is 0 Å². The van der Waals surface area contributed by atoms with E-state index in [9.17, 15) is 4.79 Å². The summed E-state index contributed by atoms with van der Waals surface area (Å²) in [5, 5.41) is 8.02. The monoisotopic (exact) mass is 361 g/mol. The quantitative estimate of drug-likeness (QED) is 0.566. The summed E-state index contributed by atoms with van der Waals surface area (Å²) in [5.41, 5.74) is 6.91. The highest BCUT2D eigenvalue weighted by atomic mass is 16.1. The Bertz CT molecular complexity index is 1130. The van der Waals surface area contributed by atoms with E-state index >= 15 is 0 Å². The first-order valence-electron chi connectivity index (χ1n) is 8.67. The van der Waals surface area contributed by atoms with E-state index in [1.54, 1.807) is 27.4 Å². The molecule has 3 aromatic heterocycles. The minimum atomic E-state index is -0.251. The number of aromatic nitrogens is 5. The lowest BCUT2D eigenvalue weighted by Gasteiger charge is -2.21. The molecular formula is C19H19N7O. The molecule has 4 aromatic rings. The van der Waals surface area contributed by atoms with Crippen LogP contribution < -0.4 is 16.6 Å². The van der Waals surface area contributed by atoms with Gasteiger partial charge in [0.25, 0.3) is 5.56 Å². The van der Waals surface area contributed by atoms with Gasteiger partial charge in [0.05, 0.1) is 11.7 Å². The number of nitrogens with zero attached hydrogens (tertiary/aromatic N) is 5. The molecule has 0 aliphatic rings. The summed E-state index contributed by atoms with van der Waals surface area (Å²) in [4.78, 5) is 21.3. The van der Waals surface area contributed by atoms with E-state index in [1.165, 1.54) is 6.33 Å². The van der Waals surface area contributed by atoms with E-state index in [-0.39, 0.29) is 11.6 Å². The molecule has 0 saturated heterocycles. The minimum Gasteiger partial charge on any atom is -0.384 e. The van der Waals surface area contributed by atoms with Crippen molar-refractivity contribution in [3.8, 4) is 5.69 Å². The average Bonchev–Trinajstić information content (AvgIpc) is 3.16. The van der Waals surface area contributed by atoms with Crippen molar-refractivity contribution in [2.24, 2.45) is 0 Å². The molecule has 4 rings (SSSR count). The van der Waals surface area contributed by atoms with Crippen molar-refractivity contribution in [3.63, 3.8) is 0 Å². The maximum atomic E-state index is 13.2. The third kappa shape index (κ3) is 3.12. The van der Waals surface area contributed by atoms with Gasteiger partial charge in [0, 0.05) is 12.3 Å². The molecule has 0 aliphatic heterocycles. The number of rotatable bonds is 5. The molecule has 3 heterocycles. The first-order chi connectivity index (χ1) is 13.2. The molecule has 0 saturated carbocycles. The van der Waals surface area contributed by atoms with Crippen molar-refractivity contribution in [3.05, 3.63) is 77.2 Å². The summed E-state index contributed by atoms with van der Waals surface area (Å²) < 4.78 is 3.25. The molecule has 0 unspecified atom stereocenters. The summed E-state index contributed by atoms with van der Waals surface area (Å²) >= 11 is 0. The fraction of sp³-hybridized carbons (Fsp3) is 0.158. The van der Waals surface area contributed by atoms with Crippen LogP contribution in [0.25, 0.3) is 11.2 Å². The highest BCUT2D eigenvalue weighted by Gasteiger charge is 2.20. The van der Waals surface area contributed by atoms with E-state index in [2.05, 4.69) is 15.3 Å². The lowest BCUT2D eigenvalue weighted by atomic mass is 10.2. The van der Waals surface area contributed by atoms with Crippen LogP contribution in [0.3, 0.4) is 0 Å². The third-order valence-electron chi connectivity index (χ3n) is 4.33. The van der Waals surface area contributed by atoms with Crippen molar-refractivity contribution < 1.29 is 0 Å². The van der Waals surface area contributed by atoms with Crippen LogP contribution in [-0.2, 0) is 0 Å². The van der Waals surface area contributed by atoms with Gasteiger partial charge in [0.15, 0.2) is 5.82 Å². The van der Waals surface area contributed by atoms with E-state index in [0.717, 1.165) is 5.69 Å². The first-order valence-corrected chi connectivity index (χ1v) is 8.67. The molecule has 0 radical (unpaired) electrons. The Morgan fingerprint density at radius 1 is 1.15 bits per heavy atom. The SMILES string of the molecule is CC[C@H](Nc1cc(N)ncn1)c1nn2cccc2c(=O)n1-c1ccccc1. The van der Waals surface area contributed by atoms with Crippen LogP contribution in [0.1, 0.15) is 25.2 Å². The second kappa shape index (κ2) is 6.91. The topological polar surface area (TPSA) is 103 Å². The zero-order chi connectivity index (χ0) is 18.8. The molecule has 1 atom stereocenters. The first kappa shape index (κ1) is 16.8. The maximum Gasteiger partial charge on any atom is 0.282 e. The molecule has 8 nitrogen and oxygen atoms in total. The number of hydrogen-bond acceptors (Lipinski definition) is 6. The summed E-state index contributed by atoms with van der Waals surface area (Å²) in [6.45, 7) is 2.02. The van der Waals surface area contributed by atoms with Gasteiger partial charge in [0.1, 0.15) is 23.5 Å². The van der Waals surface area contributed by atoms with E-state index in [1.807, 2.05) is 43.3 Å². The van der Waals surface area contributed by atoms with Crippen molar-refractivity contribution >= 4 is 17.2 Å². The average molecular weight is 361 g/mol. The predicted octanol–water partition coefficient (Wildman–Crippen LogP) is 2.42. The van der Waals surface area contributed by atoms with Gasteiger partial charge in [0.2, 0.25) is 0 Å². The summed E-state index contributed by atoms with van der Waals surface area (Å²) in [5.74, 6) is 1.54. The molecule has 0 aliphatic carbocycles. The second-order valence-electron chi connectivity index (χ2n) is 6.11. The van der Waals surface area contributed by atoms with Gasteiger partial charge >= 0.3 is 0 Å². The van der Waals surface area contributed by atoms with Gasteiger partial charge in [-0.1, -0.05) is 25.1 Å². The van der Waals surface area contributed by atoms with Crippen molar-refractivity contribution in [1.82, 2.24) is 24.1 Å². The largest absolute Gasteiger partial charge is 0.384 e. The highest BCUT2D eigenvalue weighted by Crippen LogP contribution is 2.22. The lowest BCUT2D eigenvalue weighted by molar-refractivity contribution is 0.621. The lowest BCUT2D eigenvalue weighted by Crippen LogP contribution is -2.30. The Labute approximate surface area is 155 Å². The Morgan fingerprint density at radius 2 is 1.96 bits per heavy atom. The highest BCUT2D eigenvalue weighted by molar-refractivity contribution is 5.49. The van der Waals surface area contributed by atoms with Crippen molar-refractivity contribution in [1.29, 1.82) is 0 Å². The van der Waals surface area contributed by atoms with Crippen molar-refractivity contribution in [2.45, 2.75) is 19.4 Å². The van der Waals surface area contributed by atoms with Gasteiger partial charge < -0.3 is 11.1 Å². The second-order valence-corrected chi connectivity index (χ2v) is 6.11.